The van der Waals surface area contributed by atoms with Crippen molar-refractivity contribution in [1.82, 2.24) is 21.1 Å². The van der Waals surface area contributed by atoms with Gasteiger partial charge in [-0.25, -0.2) is 4.79 Å². The van der Waals surface area contributed by atoms with Crippen LogP contribution in [0.2, 0.25) is 5.02 Å². The molecule has 138 valence electrons. The molecule has 1 fully saturated rings. The van der Waals surface area contributed by atoms with Crippen molar-refractivity contribution in [2.75, 3.05) is 6.54 Å². The van der Waals surface area contributed by atoms with E-state index in [1.165, 1.54) is 18.2 Å². The number of amides is 5. The molecule has 2 aromatic rings. The first-order valence-corrected chi connectivity index (χ1v) is 8.36. The fourth-order valence-electron chi connectivity index (χ4n) is 2.52. The van der Waals surface area contributed by atoms with E-state index in [1.54, 1.807) is 30.3 Å². The molecule has 27 heavy (non-hydrogen) atoms. The van der Waals surface area contributed by atoms with Crippen LogP contribution in [-0.2, 0) is 11.3 Å². The molecule has 0 aliphatic carbocycles. The highest BCUT2D eigenvalue weighted by molar-refractivity contribution is 6.30. The summed E-state index contributed by atoms with van der Waals surface area (Å²) in [4.78, 5) is 49.0. The third-order valence-corrected chi connectivity index (χ3v) is 4.18. The third-order valence-electron chi connectivity index (χ3n) is 3.92. The molecule has 1 aliphatic heterocycles. The van der Waals surface area contributed by atoms with Crippen molar-refractivity contribution in [3.8, 4) is 0 Å². The van der Waals surface area contributed by atoms with Crippen LogP contribution < -0.4 is 16.2 Å². The van der Waals surface area contributed by atoms with Gasteiger partial charge < -0.3 is 5.32 Å². The predicted molar refractivity (Wildman–Crippen MR) is 96.8 cm³/mol. The highest BCUT2D eigenvalue weighted by Crippen LogP contribution is 2.14. The second kappa shape index (κ2) is 7.88. The lowest BCUT2D eigenvalue weighted by Gasteiger charge is -2.15. The molecular weight excluding hydrogens is 372 g/mol. The lowest BCUT2D eigenvalue weighted by Crippen LogP contribution is -2.42. The lowest BCUT2D eigenvalue weighted by atomic mass is 10.1. The van der Waals surface area contributed by atoms with Crippen LogP contribution in [0.1, 0.15) is 26.3 Å². The molecule has 0 radical (unpaired) electrons. The van der Waals surface area contributed by atoms with Crippen LogP contribution in [0.15, 0.2) is 48.5 Å². The number of benzene rings is 2. The van der Waals surface area contributed by atoms with Crippen molar-refractivity contribution in [2.24, 2.45) is 0 Å². The maximum absolute atomic E-state index is 12.4. The van der Waals surface area contributed by atoms with E-state index >= 15 is 0 Å². The van der Waals surface area contributed by atoms with E-state index in [4.69, 9.17) is 11.6 Å². The molecule has 0 spiro atoms. The fraction of sp³-hybridized carbons (Fsp3) is 0.111. The van der Waals surface area contributed by atoms with E-state index in [0.29, 0.717) is 16.1 Å². The van der Waals surface area contributed by atoms with Gasteiger partial charge in [-0.3, -0.25) is 30.1 Å². The van der Waals surface area contributed by atoms with Gasteiger partial charge in [0.1, 0.15) is 0 Å². The second-order valence-corrected chi connectivity index (χ2v) is 6.15. The summed E-state index contributed by atoms with van der Waals surface area (Å²) in [6.07, 6.45) is 0. The number of hydrazine groups is 1. The molecule has 0 atom stereocenters. The van der Waals surface area contributed by atoms with Gasteiger partial charge in [0, 0.05) is 16.1 Å². The van der Waals surface area contributed by atoms with Crippen LogP contribution in [0.4, 0.5) is 4.79 Å². The van der Waals surface area contributed by atoms with E-state index in [9.17, 15) is 19.2 Å². The standard InChI is InChI=1S/C18H15ClN4O4/c19-13-7-5-11(6-8-13)16(25)21-22-17(26)14-4-2-1-3-12(14)10-23-15(24)9-20-18(23)27/h1-8H,9-10H2,(H,20,27)(H,21,25)(H,22,26). The molecular formula is C18H15ClN4O4. The largest absolute Gasteiger partial charge is 0.329 e. The van der Waals surface area contributed by atoms with Crippen molar-refractivity contribution >= 4 is 35.4 Å². The van der Waals surface area contributed by atoms with E-state index < -0.39 is 17.8 Å². The first-order valence-electron chi connectivity index (χ1n) is 7.98. The molecule has 9 heteroatoms. The minimum atomic E-state index is -0.569. The average Bonchev–Trinajstić information content (AvgIpc) is 2.99. The van der Waals surface area contributed by atoms with Crippen LogP contribution in [0.25, 0.3) is 0 Å². The number of nitrogens with one attached hydrogen (secondary N) is 3. The summed E-state index contributed by atoms with van der Waals surface area (Å²) < 4.78 is 0. The zero-order valence-corrected chi connectivity index (χ0v) is 14.7. The Morgan fingerprint density at radius 2 is 1.67 bits per heavy atom. The molecule has 1 heterocycles. The van der Waals surface area contributed by atoms with Gasteiger partial charge in [0.25, 0.3) is 11.8 Å². The van der Waals surface area contributed by atoms with Gasteiger partial charge in [0.15, 0.2) is 0 Å². The van der Waals surface area contributed by atoms with Gasteiger partial charge in [0.05, 0.1) is 13.1 Å². The summed E-state index contributed by atoms with van der Waals surface area (Å²) in [5.41, 5.74) is 5.67. The molecule has 3 N–H and O–H groups in total. The Morgan fingerprint density at radius 1 is 1.00 bits per heavy atom. The number of hydrogen-bond acceptors (Lipinski definition) is 4. The van der Waals surface area contributed by atoms with Crippen LogP contribution in [0.5, 0.6) is 0 Å². The number of rotatable bonds is 4. The van der Waals surface area contributed by atoms with Crippen LogP contribution in [0, 0.1) is 0 Å². The average molecular weight is 387 g/mol. The Labute approximate surface area is 159 Å². The smallest absolute Gasteiger partial charge is 0.324 e. The summed E-state index contributed by atoms with van der Waals surface area (Å²) >= 11 is 5.77. The SMILES string of the molecule is O=C(NNC(=O)c1ccccc1CN1C(=O)CNC1=O)c1ccc(Cl)cc1. The first-order chi connectivity index (χ1) is 13.0. The molecule has 0 bridgehead atoms. The molecule has 0 aromatic heterocycles. The second-order valence-electron chi connectivity index (χ2n) is 5.71. The molecule has 2 aromatic carbocycles. The maximum atomic E-state index is 12.4. The first kappa shape index (κ1) is 18.4. The Morgan fingerprint density at radius 3 is 2.33 bits per heavy atom. The van der Waals surface area contributed by atoms with Gasteiger partial charge in [-0.1, -0.05) is 29.8 Å². The van der Waals surface area contributed by atoms with Gasteiger partial charge in [-0.05, 0) is 35.9 Å². The van der Waals surface area contributed by atoms with Crippen LogP contribution in [-0.4, -0.2) is 35.2 Å². The summed E-state index contributed by atoms with van der Waals surface area (Å²) in [7, 11) is 0. The monoisotopic (exact) mass is 386 g/mol. The topological polar surface area (TPSA) is 108 Å². The summed E-state index contributed by atoms with van der Waals surface area (Å²) in [5.74, 6) is -1.45. The van der Waals surface area contributed by atoms with Crippen LogP contribution in [0.3, 0.4) is 0 Å². The van der Waals surface area contributed by atoms with Gasteiger partial charge >= 0.3 is 6.03 Å². The van der Waals surface area contributed by atoms with E-state index in [-0.39, 0.29) is 24.6 Å². The van der Waals surface area contributed by atoms with E-state index in [2.05, 4.69) is 16.2 Å². The van der Waals surface area contributed by atoms with E-state index in [1.807, 2.05) is 0 Å². The number of halogens is 1. The highest BCUT2D eigenvalue weighted by atomic mass is 35.5. The van der Waals surface area contributed by atoms with Crippen molar-refractivity contribution in [3.63, 3.8) is 0 Å². The van der Waals surface area contributed by atoms with Crippen LogP contribution >= 0.6 is 11.6 Å². The quantitative estimate of drug-likeness (QED) is 0.546. The Balaban J connectivity index is 1.68. The Kier molecular flexibility index (Phi) is 5.37. The molecule has 3 rings (SSSR count). The van der Waals surface area contributed by atoms with Crippen molar-refractivity contribution in [3.05, 3.63) is 70.2 Å². The number of carbonyl (C=O) groups excluding carboxylic acids is 4. The normalized spacial score (nSPS) is 13.3. The third kappa shape index (κ3) is 4.24. The molecule has 0 saturated carbocycles. The van der Waals surface area contributed by atoms with E-state index in [0.717, 1.165) is 4.90 Å². The Bertz CT molecular complexity index is 898. The molecule has 5 amide bonds. The Hall–Kier alpha value is -3.39. The maximum Gasteiger partial charge on any atom is 0.324 e. The van der Waals surface area contributed by atoms with Gasteiger partial charge in [-0.15, -0.1) is 0 Å². The number of carbonyl (C=O) groups is 4. The molecule has 1 aliphatic rings. The van der Waals surface area contributed by atoms with Crippen molar-refractivity contribution < 1.29 is 19.2 Å². The summed E-state index contributed by atoms with van der Waals surface area (Å²) in [5, 5.41) is 2.91. The molecule has 1 saturated heterocycles. The molecule has 8 nitrogen and oxygen atoms in total. The summed E-state index contributed by atoms with van der Waals surface area (Å²) in [6.45, 7) is -0.107. The molecule has 0 unspecified atom stereocenters. The number of hydrogen-bond donors (Lipinski definition) is 3. The highest BCUT2D eigenvalue weighted by Gasteiger charge is 2.29. The van der Waals surface area contributed by atoms with Gasteiger partial charge in [-0.2, -0.15) is 0 Å². The van der Waals surface area contributed by atoms with Crippen molar-refractivity contribution in [2.45, 2.75) is 6.54 Å². The predicted octanol–water partition coefficient (Wildman–Crippen LogP) is 1.47. The van der Waals surface area contributed by atoms with Crippen molar-refractivity contribution in [1.29, 1.82) is 0 Å². The van der Waals surface area contributed by atoms with Gasteiger partial charge in [0.2, 0.25) is 5.91 Å². The summed E-state index contributed by atoms with van der Waals surface area (Å²) in [6, 6.07) is 12.2. The number of nitrogens with zero attached hydrogens (tertiary/aromatic N) is 1. The fourth-order valence-corrected chi connectivity index (χ4v) is 2.65. The zero-order chi connectivity index (χ0) is 19.4. The number of imide groups is 1. The minimum absolute atomic E-state index is 0.0423. The number of urea groups is 1. The zero-order valence-electron chi connectivity index (χ0n) is 14.0. The minimum Gasteiger partial charge on any atom is -0.329 e. The lowest BCUT2D eigenvalue weighted by molar-refractivity contribution is -0.125.